The fraction of sp³-hybridized carbons (Fsp3) is 0.615. The van der Waals surface area contributed by atoms with Crippen molar-refractivity contribution in [2.24, 2.45) is 0 Å². The summed E-state index contributed by atoms with van der Waals surface area (Å²) in [7, 11) is 0. The van der Waals surface area contributed by atoms with E-state index in [2.05, 4.69) is 20.9 Å². The molecule has 0 unspecified atom stereocenters. The van der Waals surface area contributed by atoms with Crippen molar-refractivity contribution in [3.8, 4) is 0 Å². The van der Waals surface area contributed by atoms with Gasteiger partial charge in [-0.3, -0.25) is 9.59 Å². The number of anilines is 2. The summed E-state index contributed by atoms with van der Waals surface area (Å²) in [5.41, 5.74) is 5.39. The van der Waals surface area contributed by atoms with Crippen molar-refractivity contribution in [2.75, 3.05) is 17.6 Å². The van der Waals surface area contributed by atoms with Crippen LogP contribution in [0.15, 0.2) is 0 Å². The van der Waals surface area contributed by atoms with E-state index in [0.717, 1.165) is 0 Å². The lowest BCUT2D eigenvalue weighted by molar-refractivity contribution is -0.121. The van der Waals surface area contributed by atoms with Gasteiger partial charge in [-0.15, -0.1) is 0 Å². The molecule has 0 aliphatic rings. The molecular formula is C13H23N5O2S. The molecule has 1 aromatic heterocycles. The van der Waals surface area contributed by atoms with Crippen molar-refractivity contribution in [3.63, 3.8) is 0 Å². The van der Waals surface area contributed by atoms with Crippen LogP contribution >= 0.6 is 11.3 Å². The number of nitrogens with zero attached hydrogens (tertiary/aromatic N) is 1. The number of hydrogen-bond donors (Lipinski definition) is 4. The summed E-state index contributed by atoms with van der Waals surface area (Å²) in [4.78, 5) is 28.0. The standard InChI is InChI=1S/C13H23N5O2S/c1-7(2)16-12-17-10(14)9(21-12)11(20)15-6-8(19)18-13(3,4)5/h7H,6,14H2,1-5H3,(H,15,20)(H,16,17)(H,18,19). The first kappa shape index (κ1) is 17.2. The molecule has 118 valence electrons. The van der Waals surface area contributed by atoms with Gasteiger partial charge in [-0.2, -0.15) is 0 Å². The van der Waals surface area contributed by atoms with Gasteiger partial charge >= 0.3 is 0 Å². The highest BCUT2D eigenvalue weighted by Crippen LogP contribution is 2.25. The van der Waals surface area contributed by atoms with E-state index in [-0.39, 0.29) is 29.9 Å². The number of nitrogens with one attached hydrogen (secondary N) is 3. The van der Waals surface area contributed by atoms with E-state index in [0.29, 0.717) is 10.0 Å². The van der Waals surface area contributed by atoms with E-state index >= 15 is 0 Å². The Bertz CT molecular complexity index is 519. The number of carbonyl (C=O) groups is 2. The molecule has 1 aromatic rings. The van der Waals surface area contributed by atoms with E-state index in [4.69, 9.17) is 5.73 Å². The van der Waals surface area contributed by atoms with Crippen LogP contribution in [-0.2, 0) is 4.79 Å². The summed E-state index contributed by atoms with van der Waals surface area (Å²) in [6.45, 7) is 9.45. The first-order chi connectivity index (χ1) is 9.58. The molecule has 0 aliphatic heterocycles. The number of nitrogen functional groups attached to an aromatic ring is 1. The van der Waals surface area contributed by atoms with E-state index < -0.39 is 5.91 Å². The van der Waals surface area contributed by atoms with Crippen LogP contribution in [0.2, 0.25) is 0 Å². The Balaban J connectivity index is 2.60. The van der Waals surface area contributed by atoms with Gasteiger partial charge in [-0.1, -0.05) is 11.3 Å². The van der Waals surface area contributed by atoms with E-state index in [1.54, 1.807) is 0 Å². The molecule has 0 fully saturated rings. The Hall–Kier alpha value is -1.83. The zero-order valence-corrected chi connectivity index (χ0v) is 13.9. The Morgan fingerprint density at radius 1 is 1.33 bits per heavy atom. The van der Waals surface area contributed by atoms with Gasteiger partial charge in [0.1, 0.15) is 10.7 Å². The second-order valence-corrected chi connectivity index (χ2v) is 7.01. The summed E-state index contributed by atoms with van der Waals surface area (Å²) in [6, 6.07) is 0.198. The van der Waals surface area contributed by atoms with Crippen molar-refractivity contribution < 1.29 is 9.59 Å². The summed E-state index contributed by atoms with van der Waals surface area (Å²) < 4.78 is 0. The van der Waals surface area contributed by atoms with Crippen molar-refractivity contribution in [3.05, 3.63) is 4.88 Å². The van der Waals surface area contributed by atoms with Crippen LogP contribution < -0.4 is 21.7 Å². The molecule has 0 aliphatic carbocycles. The largest absolute Gasteiger partial charge is 0.382 e. The zero-order chi connectivity index (χ0) is 16.2. The molecule has 0 bridgehead atoms. The van der Waals surface area contributed by atoms with E-state index in [1.165, 1.54) is 11.3 Å². The molecule has 1 rings (SSSR count). The lowest BCUT2D eigenvalue weighted by atomic mass is 10.1. The molecule has 0 atom stereocenters. The predicted molar refractivity (Wildman–Crippen MR) is 85.5 cm³/mol. The number of rotatable bonds is 5. The number of nitrogens with two attached hydrogens (primary N) is 1. The van der Waals surface area contributed by atoms with Gasteiger partial charge in [-0.05, 0) is 34.6 Å². The van der Waals surface area contributed by atoms with Crippen molar-refractivity contribution in [1.29, 1.82) is 0 Å². The minimum absolute atomic E-state index is 0.0968. The van der Waals surface area contributed by atoms with Gasteiger partial charge < -0.3 is 21.7 Å². The third kappa shape index (κ3) is 5.99. The molecule has 21 heavy (non-hydrogen) atoms. The van der Waals surface area contributed by atoms with Crippen LogP contribution in [0.3, 0.4) is 0 Å². The van der Waals surface area contributed by atoms with Gasteiger partial charge in [0.25, 0.3) is 5.91 Å². The number of hydrogen-bond acceptors (Lipinski definition) is 6. The van der Waals surface area contributed by atoms with Crippen LogP contribution in [0.1, 0.15) is 44.3 Å². The maximum Gasteiger partial charge on any atom is 0.265 e. The molecule has 2 amide bonds. The number of aromatic nitrogens is 1. The predicted octanol–water partition coefficient (Wildman–Crippen LogP) is 1.19. The molecule has 5 N–H and O–H groups in total. The average molecular weight is 313 g/mol. The molecule has 7 nitrogen and oxygen atoms in total. The SMILES string of the molecule is CC(C)Nc1nc(N)c(C(=O)NCC(=O)NC(C)(C)C)s1. The molecule has 8 heteroatoms. The van der Waals surface area contributed by atoms with Crippen molar-refractivity contribution in [1.82, 2.24) is 15.6 Å². The third-order valence-corrected chi connectivity index (χ3v) is 3.20. The smallest absolute Gasteiger partial charge is 0.265 e. The van der Waals surface area contributed by atoms with E-state index in [1.807, 2.05) is 34.6 Å². The minimum Gasteiger partial charge on any atom is -0.382 e. The Morgan fingerprint density at radius 2 is 1.95 bits per heavy atom. The lowest BCUT2D eigenvalue weighted by Gasteiger charge is -2.20. The average Bonchev–Trinajstić information content (AvgIpc) is 2.64. The summed E-state index contributed by atoms with van der Waals surface area (Å²) in [5, 5.41) is 8.98. The molecule has 0 saturated heterocycles. The Kier molecular flexibility index (Phi) is 5.54. The summed E-state index contributed by atoms with van der Waals surface area (Å²) >= 11 is 1.17. The summed E-state index contributed by atoms with van der Waals surface area (Å²) in [5.74, 6) is -0.484. The number of amides is 2. The summed E-state index contributed by atoms with van der Waals surface area (Å²) in [6.07, 6.45) is 0. The lowest BCUT2D eigenvalue weighted by Crippen LogP contribution is -2.45. The molecule has 0 saturated carbocycles. The van der Waals surface area contributed by atoms with Crippen LogP contribution in [0.5, 0.6) is 0 Å². The highest BCUT2D eigenvalue weighted by atomic mass is 32.1. The zero-order valence-electron chi connectivity index (χ0n) is 13.0. The van der Waals surface area contributed by atoms with Crippen LogP contribution in [0, 0.1) is 0 Å². The monoisotopic (exact) mass is 313 g/mol. The molecule has 1 heterocycles. The number of thiazole rings is 1. The van der Waals surface area contributed by atoms with Crippen molar-refractivity contribution >= 4 is 34.1 Å². The fourth-order valence-corrected chi connectivity index (χ4v) is 2.45. The van der Waals surface area contributed by atoms with Gasteiger partial charge in [0.15, 0.2) is 5.13 Å². The first-order valence-electron chi connectivity index (χ1n) is 6.70. The Morgan fingerprint density at radius 3 is 2.48 bits per heavy atom. The van der Waals surface area contributed by atoms with Gasteiger partial charge in [0.05, 0.1) is 6.54 Å². The Labute approximate surface area is 128 Å². The van der Waals surface area contributed by atoms with Crippen LogP contribution in [0.4, 0.5) is 10.9 Å². The highest BCUT2D eigenvalue weighted by Gasteiger charge is 2.18. The molecule has 0 radical (unpaired) electrons. The normalized spacial score (nSPS) is 11.3. The highest BCUT2D eigenvalue weighted by molar-refractivity contribution is 7.18. The van der Waals surface area contributed by atoms with Crippen LogP contribution in [-0.4, -0.2) is 34.9 Å². The first-order valence-corrected chi connectivity index (χ1v) is 7.52. The molecule has 0 spiro atoms. The van der Waals surface area contributed by atoms with Gasteiger partial charge in [0, 0.05) is 11.6 Å². The topological polar surface area (TPSA) is 109 Å². The minimum atomic E-state index is -0.397. The van der Waals surface area contributed by atoms with Crippen LogP contribution in [0.25, 0.3) is 0 Å². The van der Waals surface area contributed by atoms with Crippen molar-refractivity contribution in [2.45, 2.75) is 46.2 Å². The maximum atomic E-state index is 12.0. The second kappa shape index (κ2) is 6.75. The van der Waals surface area contributed by atoms with E-state index in [9.17, 15) is 9.59 Å². The fourth-order valence-electron chi connectivity index (χ4n) is 1.51. The third-order valence-electron chi connectivity index (χ3n) is 2.20. The molecular weight excluding hydrogens is 290 g/mol. The quantitative estimate of drug-likeness (QED) is 0.653. The van der Waals surface area contributed by atoms with Gasteiger partial charge in [0.2, 0.25) is 5.91 Å². The second-order valence-electron chi connectivity index (χ2n) is 6.01. The number of carbonyl (C=O) groups excluding carboxylic acids is 2. The maximum absolute atomic E-state index is 12.0. The molecule has 0 aromatic carbocycles. The van der Waals surface area contributed by atoms with Gasteiger partial charge in [-0.25, -0.2) is 4.98 Å².